The number of rotatable bonds is 5. The first-order valence-electron chi connectivity index (χ1n) is 6.12. The Kier molecular flexibility index (Phi) is 5.67. The highest BCUT2D eigenvalue weighted by molar-refractivity contribution is 4.83. The maximum atomic E-state index is 8.69. The minimum atomic E-state index is 0.392. The first kappa shape index (κ1) is 12.5. The van der Waals surface area contributed by atoms with Crippen LogP contribution in [-0.4, -0.2) is 36.6 Å². The Morgan fingerprint density at radius 3 is 2.87 bits per heavy atom. The topological polar surface area (TPSA) is 39.1 Å². The summed E-state index contributed by atoms with van der Waals surface area (Å²) in [4.78, 5) is 2.41. The maximum absolute atomic E-state index is 8.69. The molecule has 1 fully saturated rings. The van der Waals surface area contributed by atoms with Crippen molar-refractivity contribution < 1.29 is 0 Å². The van der Waals surface area contributed by atoms with Crippen LogP contribution in [0, 0.1) is 11.3 Å². The Hall–Kier alpha value is -0.590. The molecular weight excluding hydrogens is 186 g/mol. The van der Waals surface area contributed by atoms with Gasteiger partial charge in [-0.15, -0.1) is 0 Å². The highest BCUT2D eigenvalue weighted by Crippen LogP contribution is 2.11. The fourth-order valence-electron chi connectivity index (χ4n) is 2.24. The minimum Gasteiger partial charge on any atom is -0.313 e. The lowest BCUT2D eigenvalue weighted by Gasteiger charge is -2.32. The van der Waals surface area contributed by atoms with E-state index in [2.05, 4.69) is 30.1 Å². The Bertz CT molecular complexity index is 203. The van der Waals surface area contributed by atoms with Gasteiger partial charge >= 0.3 is 0 Å². The molecule has 1 saturated heterocycles. The summed E-state index contributed by atoms with van der Waals surface area (Å²) in [5, 5.41) is 12.3. The van der Waals surface area contributed by atoms with E-state index in [1.807, 2.05) is 0 Å². The van der Waals surface area contributed by atoms with Crippen molar-refractivity contribution in [2.75, 3.05) is 19.6 Å². The van der Waals surface area contributed by atoms with Crippen molar-refractivity contribution >= 4 is 0 Å². The molecule has 0 aromatic rings. The number of hydrogen-bond acceptors (Lipinski definition) is 3. The molecule has 1 rings (SSSR count). The van der Waals surface area contributed by atoms with Gasteiger partial charge in [0.15, 0.2) is 0 Å². The normalized spacial score (nSPS) is 23.7. The van der Waals surface area contributed by atoms with Crippen molar-refractivity contribution in [1.29, 1.82) is 5.26 Å². The van der Waals surface area contributed by atoms with E-state index in [4.69, 9.17) is 5.26 Å². The summed E-state index contributed by atoms with van der Waals surface area (Å²) in [6.45, 7) is 7.63. The third kappa shape index (κ3) is 4.19. The van der Waals surface area contributed by atoms with E-state index >= 15 is 0 Å². The smallest absolute Gasteiger partial charge is 0.0638 e. The van der Waals surface area contributed by atoms with Crippen LogP contribution in [-0.2, 0) is 0 Å². The van der Waals surface area contributed by atoms with Crippen molar-refractivity contribution in [3.05, 3.63) is 0 Å². The van der Waals surface area contributed by atoms with Gasteiger partial charge in [0.2, 0.25) is 0 Å². The SMILES string of the molecule is CCN(CC1CCCCN1)C(C)CC#N. The Balaban J connectivity index is 2.34. The van der Waals surface area contributed by atoms with E-state index in [0.29, 0.717) is 18.5 Å². The molecule has 0 saturated carbocycles. The molecule has 0 bridgehead atoms. The molecule has 1 aliphatic heterocycles. The van der Waals surface area contributed by atoms with Gasteiger partial charge in [-0.05, 0) is 32.9 Å². The van der Waals surface area contributed by atoms with Crippen LogP contribution in [0.3, 0.4) is 0 Å². The first-order chi connectivity index (χ1) is 7.27. The van der Waals surface area contributed by atoms with Crippen LogP contribution in [0.4, 0.5) is 0 Å². The van der Waals surface area contributed by atoms with Crippen molar-refractivity contribution in [1.82, 2.24) is 10.2 Å². The average Bonchev–Trinajstić information content (AvgIpc) is 2.27. The van der Waals surface area contributed by atoms with Gasteiger partial charge in [0, 0.05) is 18.6 Å². The lowest BCUT2D eigenvalue weighted by Crippen LogP contribution is -2.46. The summed E-state index contributed by atoms with van der Waals surface area (Å²) in [5.41, 5.74) is 0. The molecule has 3 nitrogen and oxygen atoms in total. The quantitative estimate of drug-likeness (QED) is 0.750. The van der Waals surface area contributed by atoms with E-state index in [-0.39, 0.29) is 0 Å². The summed E-state index contributed by atoms with van der Waals surface area (Å²) in [7, 11) is 0. The number of hydrogen-bond donors (Lipinski definition) is 1. The van der Waals surface area contributed by atoms with Gasteiger partial charge in [0.25, 0.3) is 0 Å². The van der Waals surface area contributed by atoms with Gasteiger partial charge in [0.1, 0.15) is 0 Å². The van der Waals surface area contributed by atoms with E-state index in [9.17, 15) is 0 Å². The summed E-state index contributed by atoms with van der Waals surface area (Å²) in [6.07, 6.45) is 4.59. The molecule has 2 unspecified atom stereocenters. The molecule has 1 heterocycles. The molecule has 0 aliphatic carbocycles. The number of nitriles is 1. The molecule has 0 radical (unpaired) electrons. The highest BCUT2D eigenvalue weighted by atomic mass is 15.2. The molecular formula is C12H23N3. The van der Waals surface area contributed by atoms with Gasteiger partial charge in [-0.2, -0.15) is 5.26 Å². The summed E-state index contributed by atoms with van der Waals surface area (Å²) in [5.74, 6) is 0. The zero-order valence-corrected chi connectivity index (χ0v) is 10.00. The molecule has 2 atom stereocenters. The van der Waals surface area contributed by atoms with Crippen LogP contribution >= 0.6 is 0 Å². The Labute approximate surface area is 93.5 Å². The fourth-order valence-corrected chi connectivity index (χ4v) is 2.24. The number of piperidine rings is 1. The van der Waals surface area contributed by atoms with E-state index < -0.39 is 0 Å². The number of nitrogens with zero attached hydrogens (tertiary/aromatic N) is 2. The van der Waals surface area contributed by atoms with E-state index in [1.54, 1.807) is 0 Å². The van der Waals surface area contributed by atoms with Crippen LogP contribution < -0.4 is 5.32 Å². The maximum Gasteiger partial charge on any atom is 0.0638 e. The third-order valence-corrected chi connectivity index (χ3v) is 3.28. The predicted molar refractivity (Wildman–Crippen MR) is 62.6 cm³/mol. The predicted octanol–water partition coefficient (Wildman–Crippen LogP) is 1.75. The van der Waals surface area contributed by atoms with Gasteiger partial charge in [0.05, 0.1) is 12.5 Å². The molecule has 86 valence electrons. The van der Waals surface area contributed by atoms with Crippen LogP contribution in [0.2, 0.25) is 0 Å². The Morgan fingerprint density at radius 1 is 1.53 bits per heavy atom. The molecule has 0 aromatic heterocycles. The molecule has 15 heavy (non-hydrogen) atoms. The first-order valence-corrected chi connectivity index (χ1v) is 6.12. The molecule has 0 amide bonds. The standard InChI is InChI=1S/C12H23N3/c1-3-15(11(2)7-8-13)10-12-6-4-5-9-14-12/h11-12,14H,3-7,9-10H2,1-2H3. The molecule has 0 spiro atoms. The van der Waals surface area contributed by atoms with Crippen molar-refractivity contribution in [2.45, 2.75) is 51.6 Å². The van der Waals surface area contributed by atoms with Crippen molar-refractivity contribution in [3.63, 3.8) is 0 Å². The van der Waals surface area contributed by atoms with Crippen LogP contribution in [0.15, 0.2) is 0 Å². The lowest BCUT2D eigenvalue weighted by molar-refractivity contribution is 0.185. The number of nitrogens with one attached hydrogen (secondary N) is 1. The van der Waals surface area contributed by atoms with Gasteiger partial charge in [-0.25, -0.2) is 0 Å². The largest absolute Gasteiger partial charge is 0.313 e. The van der Waals surface area contributed by atoms with E-state index in [1.165, 1.54) is 19.3 Å². The molecule has 1 N–H and O–H groups in total. The average molecular weight is 209 g/mol. The summed E-state index contributed by atoms with van der Waals surface area (Å²) in [6, 6.07) is 3.29. The Morgan fingerprint density at radius 2 is 2.33 bits per heavy atom. The minimum absolute atomic E-state index is 0.392. The molecule has 3 heteroatoms. The molecule has 1 aliphatic rings. The van der Waals surface area contributed by atoms with Gasteiger partial charge in [-0.3, -0.25) is 4.90 Å². The zero-order chi connectivity index (χ0) is 11.1. The summed E-state index contributed by atoms with van der Waals surface area (Å²) < 4.78 is 0. The summed E-state index contributed by atoms with van der Waals surface area (Å²) >= 11 is 0. The fraction of sp³-hybridized carbons (Fsp3) is 0.917. The van der Waals surface area contributed by atoms with Gasteiger partial charge in [-0.1, -0.05) is 13.3 Å². The van der Waals surface area contributed by atoms with Crippen LogP contribution in [0.1, 0.15) is 39.5 Å². The number of likely N-dealkylation sites (N-methyl/N-ethyl adjacent to an activating group) is 1. The molecule has 0 aromatic carbocycles. The second-order valence-electron chi connectivity index (χ2n) is 4.45. The van der Waals surface area contributed by atoms with Crippen LogP contribution in [0.25, 0.3) is 0 Å². The monoisotopic (exact) mass is 209 g/mol. The zero-order valence-electron chi connectivity index (χ0n) is 10.00. The third-order valence-electron chi connectivity index (χ3n) is 3.28. The van der Waals surface area contributed by atoms with Crippen molar-refractivity contribution in [2.24, 2.45) is 0 Å². The van der Waals surface area contributed by atoms with Gasteiger partial charge < -0.3 is 5.32 Å². The lowest BCUT2D eigenvalue weighted by atomic mass is 10.0. The van der Waals surface area contributed by atoms with Crippen LogP contribution in [0.5, 0.6) is 0 Å². The highest BCUT2D eigenvalue weighted by Gasteiger charge is 2.18. The van der Waals surface area contributed by atoms with Crippen molar-refractivity contribution in [3.8, 4) is 6.07 Å². The van der Waals surface area contributed by atoms with E-state index in [0.717, 1.165) is 19.6 Å². The second-order valence-corrected chi connectivity index (χ2v) is 4.45. The second kappa shape index (κ2) is 6.81.